The Morgan fingerprint density at radius 2 is 1.71 bits per heavy atom. The average molecular weight is 493 g/mol. The molecule has 0 radical (unpaired) electrons. The topological polar surface area (TPSA) is 69.9 Å². The molecular formula is C27H26ClFN4O2. The number of rotatable bonds is 6. The number of halogens is 2. The average Bonchev–Trinajstić information content (AvgIpc) is 2.83. The normalized spacial score (nSPS) is 11.2. The van der Waals surface area contributed by atoms with E-state index in [0.29, 0.717) is 17.1 Å². The maximum absolute atomic E-state index is 13.3. The predicted octanol–water partition coefficient (Wildman–Crippen LogP) is 6.11. The van der Waals surface area contributed by atoms with E-state index in [1.165, 1.54) is 12.1 Å². The van der Waals surface area contributed by atoms with Gasteiger partial charge in [0.15, 0.2) is 0 Å². The second-order valence-corrected chi connectivity index (χ2v) is 9.17. The molecule has 3 heterocycles. The fourth-order valence-electron chi connectivity index (χ4n) is 3.70. The smallest absolute Gasteiger partial charge is 0.277 e. The van der Waals surface area contributed by atoms with E-state index < -0.39 is 5.56 Å². The minimum absolute atomic E-state index is 0.0317. The molecule has 0 saturated carbocycles. The van der Waals surface area contributed by atoms with Gasteiger partial charge in [-0.1, -0.05) is 37.6 Å². The van der Waals surface area contributed by atoms with Gasteiger partial charge < -0.3 is 4.74 Å². The minimum Gasteiger partial charge on any atom is -0.487 e. The number of pyridine rings is 2. The van der Waals surface area contributed by atoms with Crippen LogP contribution in [0.4, 0.5) is 4.39 Å². The number of hydrogen-bond donors (Lipinski definition) is 0. The van der Waals surface area contributed by atoms with Crippen LogP contribution in [0, 0.1) is 26.6 Å². The van der Waals surface area contributed by atoms with Crippen LogP contribution < -0.4 is 10.3 Å². The molecule has 4 aromatic rings. The zero-order chi connectivity index (χ0) is 25.3. The van der Waals surface area contributed by atoms with Crippen LogP contribution in [0.1, 0.15) is 48.0 Å². The van der Waals surface area contributed by atoms with E-state index in [0.717, 1.165) is 28.2 Å². The molecule has 0 amide bonds. The number of nitrogens with zero attached hydrogens (tertiary/aromatic N) is 4. The number of benzene rings is 1. The molecule has 0 aliphatic carbocycles. The molecule has 0 atom stereocenters. The number of ether oxygens (including phenoxy) is 1. The van der Waals surface area contributed by atoms with Crippen molar-refractivity contribution < 1.29 is 9.13 Å². The van der Waals surface area contributed by atoms with Crippen molar-refractivity contribution in [1.29, 1.82) is 0 Å². The Balaban J connectivity index is 1.74. The Kier molecular flexibility index (Phi) is 6.98. The predicted molar refractivity (Wildman–Crippen MR) is 135 cm³/mol. The first-order valence-electron chi connectivity index (χ1n) is 11.3. The molecular weight excluding hydrogens is 467 g/mol. The molecule has 0 spiro atoms. The van der Waals surface area contributed by atoms with Gasteiger partial charge in [-0.25, -0.2) is 14.4 Å². The molecule has 0 saturated heterocycles. The summed E-state index contributed by atoms with van der Waals surface area (Å²) in [6, 6.07) is 9.53. The van der Waals surface area contributed by atoms with Crippen molar-refractivity contribution in [3.05, 3.63) is 98.2 Å². The van der Waals surface area contributed by atoms with E-state index in [4.69, 9.17) is 21.3 Å². The summed E-state index contributed by atoms with van der Waals surface area (Å²) < 4.78 is 20.5. The van der Waals surface area contributed by atoms with Gasteiger partial charge in [-0.3, -0.25) is 14.3 Å². The van der Waals surface area contributed by atoms with Crippen LogP contribution in [0.3, 0.4) is 0 Å². The molecule has 3 aromatic heterocycles. The number of aryl methyl sites for hydroxylation is 3. The van der Waals surface area contributed by atoms with Crippen LogP contribution in [0.2, 0.25) is 5.02 Å². The SMILES string of the molecule is Cc1cnc(-c2nc(C(C)C)ncc2C)cc1-n1c(C)cc(OCc2ccc(F)cc2)c(Cl)c1=O. The Hall–Kier alpha value is -3.58. The van der Waals surface area contributed by atoms with Crippen molar-refractivity contribution in [3.8, 4) is 22.8 Å². The lowest BCUT2D eigenvalue weighted by Crippen LogP contribution is -2.22. The van der Waals surface area contributed by atoms with Gasteiger partial charge in [0, 0.05) is 30.1 Å². The highest BCUT2D eigenvalue weighted by Gasteiger charge is 2.18. The Labute approximate surface area is 208 Å². The fraction of sp³-hybridized carbons (Fsp3) is 0.259. The van der Waals surface area contributed by atoms with Crippen LogP contribution in [0.5, 0.6) is 5.75 Å². The number of aromatic nitrogens is 4. The molecule has 0 aliphatic rings. The second-order valence-electron chi connectivity index (χ2n) is 8.79. The first kappa shape index (κ1) is 24.5. The molecule has 8 heteroatoms. The van der Waals surface area contributed by atoms with E-state index >= 15 is 0 Å². The fourth-order valence-corrected chi connectivity index (χ4v) is 3.90. The highest BCUT2D eigenvalue weighted by Crippen LogP contribution is 2.28. The molecule has 180 valence electrons. The zero-order valence-corrected chi connectivity index (χ0v) is 21.0. The van der Waals surface area contributed by atoms with Crippen LogP contribution in [0.15, 0.2) is 53.6 Å². The molecule has 0 unspecified atom stereocenters. The van der Waals surface area contributed by atoms with Crippen molar-refractivity contribution in [2.45, 2.75) is 47.1 Å². The summed E-state index contributed by atoms with van der Waals surface area (Å²) in [5, 5.41) is -0.0317. The Morgan fingerprint density at radius 3 is 2.40 bits per heavy atom. The minimum atomic E-state index is -0.400. The summed E-state index contributed by atoms with van der Waals surface area (Å²) in [6.45, 7) is 9.86. The van der Waals surface area contributed by atoms with Gasteiger partial charge in [-0.15, -0.1) is 0 Å². The summed E-state index contributed by atoms with van der Waals surface area (Å²) in [6.07, 6.45) is 3.51. The standard InChI is InChI=1S/C27H26ClFN4O2/c1-15(2)26-31-13-17(4)25(32-26)21-11-22(16(3)12-30-21)33-18(5)10-23(24(28)27(33)34)35-14-19-6-8-20(29)9-7-19/h6-13,15H,14H2,1-5H3. The molecule has 0 bridgehead atoms. The lowest BCUT2D eigenvalue weighted by molar-refractivity contribution is 0.305. The zero-order valence-electron chi connectivity index (χ0n) is 20.3. The van der Waals surface area contributed by atoms with E-state index in [1.807, 2.05) is 40.7 Å². The van der Waals surface area contributed by atoms with Crippen LogP contribution >= 0.6 is 11.6 Å². The van der Waals surface area contributed by atoms with Gasteiger partial charge in [-0.05, 0) is 55.7 Å². The lowest BCUT2D eigenvalue weighted by Gasteiger charge is -2.17. The van der Waals surface area contributed by atoms with E-state index in [9.17, 15) is 9.18 Å². The Bertz CT molecular complexity index is 1450. The molecule has 6 nitrogen and oxygen atoms in total. The molecule has 4 rings (SSSR count). The van der Waals surface area contributed by atoms with Gasteiger partial charge in [0.2, 0.25) is 0 Å². The van der Waals surface area contributed by atoms with Gasteiger partial charge in [0.1, 0.15) is 29.0 Å². The Morgan fingerprint density at radius 1 is 1.03 bits per heavy atom. The van der Waals surface area contributed by atoms with Crippen molar-refractivity contribution in [3.63, 3.8) is 0 Å². The maximum Gasteiger partial charge on any atom is 0.277 e. The largest absolute Gasteiger partial charge is 0.487 e. The highest BCUT2D eigenvalue weighted by molar-refractivity contribution is 6.31. The first-order chi connectivity index (χ1) is 16.7. The van der Waals surface area contributed by atoms with Gasteiger partial charge in [0.05, 0.1) is 17.1 Å². The van der Waals surface area contributed by atoms with Gasteiger partial charge >= 0.3 is 0 Å². The van der Waals surface area contributed by atoms with Crippen LogP contribution in [-0.2, 0) is 6.61 Å². The summed E-state index contributed by atoms with van der Waals surface area (Å²) >= 11 is 6.45. The van der Waals surface area contributed by atoms with Crippen LogP contribution in [0.25, 0.3) is 17.1 Å². The monoisotopic (exact) mass is 492 g/mol. The lowest BCUT2D eigenvalue weighted by atomic mass is 10.1. The quantitative estimate of drug-likeness (QED) is 0.325. The summed E-state index contributed by atoms with van der Waals surface area (Å²) in [5.41, 5.74) is 4.74. The van der Waals surface area contributed by atoms with Gasteiger partial charge in [0.25, 0.3) is 5.56 Å². The van der Waals surface area contributed by atoms with Gasteiger partial charge in [-0.2, -0.15) is 0 Å². The van der Waals surface area contributed by atoms with Crippen molar-refractivity contribution in [2.75, 3.05) is 0 Å². The van der Waals surface area contributed by atoms with Crippen molar-refractivity contribution in [1.82, 2.24) is 19.5 Å². The van der Waals surface area contributed by atoms with E-state index in [2.05, 4.69) is 9.97 Å². The maximum atomic E-state index is 13.3. The summed E-state index contributed by atoms with van der Waals surface area (Å²) in [4.78, 5) is 27.0. The third kappa shape index (κ3) is 5.10. The summed E-state index contributed by atoms with van der Waals surface area (Å²) in [5.74, 6) is 0.851. The molecule has 0 fully saturated rings. The third-order valence-corrected chi connectivity index (χ3v) is 6.02. The van der Waals surface area contributed by atoms with E-state index in [1.54, 1.807) is 35.2 Å². The second kappa shape index (κ2) is 9.96. The van der Waals surface area contributed by atoms with Crippen LogP contribution in [-0.4, -0.2) is 19.5 Å². The third-order valence-electron chi connectivity index (χ3n) is 5.67. The molecule has 0 N–H and O–H groups in total. The van der Waals surface area contributed by atoms with Crippen molar-refractivity contribution in [2.24, 2.45) is 0 Å². The number of hydrogen-bond acceptors (Lipinski definition) is 5. The van der Waals surface area contributed by atoms with Crippen molar-refractivity contribution >= 4 is 11.6 Å². The molecule has 0 aliphatic heterocycles. The highest BCUT2D eigenvalue weighted by atomic mass is 35.5. The van der Waals surface area contributed by atoms with E-state index in [-0.39, 0.29) is 29.1 Å². The summed E-state index contributed by atoms with van der Waals surface area (Å²) in [7, 11) is 0. The first-order valence-corrected chi connectivity index (χ1v) is 11.6. The molecule has 35 heavy (non-hydrogen) atoms. The molecule has 1 aromatic carbocycles.